The van der Waals surface area contributed by atoms with Gasteiger partial charge in [0.05, 0.1) is 4.90 Å². The number of hydrogen-bond acceptors (Lipinski definition) is 3. The topological polar surface area (TPSA) is 63.4 Å². The molecule has 0 aromatic heterocycles. The van der Waals surface area contributed by atoms with E-state index < -0.39 is 21.7 Å². The minimum absolute atomic E-state index is 0. The van der Waals surface area contributed by atoms with Crippen LogP contribution < -0.4 is 5.73 Å². The molecule has 21 heavy (non-hydrogen) atoms. The summed E-state index contributed by atoms with van der Waals surface area (Å²) in [6.07, 6.45) is 3.04. The summed E-state index contributed by atoms with van der Waals surface area (Å²) in [6, 6.07) is 2.51. The van der Waals surface area contributed by atoms with Crippen molar-refractivity contribution in [1.82, 2.24) is 4.31 Å². The van der Waals surface area contributed by atoms with Crippen LogP contribution in [-0.2, 0) is 10.0 Å². The molecule has 1 heterocycles. The van der Waals surface area contributed by atoms with Crippen molar-refractivity contribution >= 4 is 22.4 Å². The van der Waals surface area contributed by atoms with Gasteiger partial charge in [-0.2, -0.15) is 4.31 Å². The summed E-state index contributed by atoms with van der Waals surface area (Å²) in [4.78, 5) is -0.208. The smallest absolute Gasteiger partial charge is 0.243 e. The molecular formula is C13H19ClF2N2O2S. The Morgan fingerprint density at radius 2 is 1.95 bits per heavy atom. The fourth-order valence-corrected chi connectivity index (χ4v) is 4.28. The van der Waals surface area contributed by atoms with E-state index in [2.05, 4.69) is 0 Å². The summed E-state index contributed by atoms with van der Waals surface area (Å²) < 4.78 is 52.6. The van der Waals surface area contributed by atoms with Crippen LogP contribution in [0.5, 0.6) is 0 Å². The molecule has 0 saturated carbocycles. The zero-order chi connectivity index (χ0) is 14.8. The summed E-state index contributed by atoms with van der Waals surface area (Å²) in [6.45, 7) is 0.792. The molecule has 1 atom stereocenters. The summed E-state index contributed by atoms with van der Waals surface area (Å²) in [5, 5.41) is 0. The second-order valence-electron chi connectivity index (χ2n) is 4.92. The van der Waals surface area contributed by atoms with E-state index in [0.29, 0.717) is 19.5 Å². The molecule has 1 saturated heterocycles. The lowest BCUT2D eigenvalue weighted by molar-refractivity contribution is 0.243. The van der Waals surface area contributed by atoms with Crippen molar-refractivity contribution in [3.05, 3.63) is 29.8 Å². The van der Waals surface area contributed by atoms with Crippen LogP contribution in [-0.4, -0.2) is 31.9 Å². The molecule has 0 spiro atoms. The van der Waals surface area contributed by atoms with Gasteiger partial charge in [0.25, 0.3) is 0 Å². The van der Waals surface area contributed by atoms with Crippen molar-refractivity contribution in [2.45, 2.75) is 36.6 Å². The molecule has 8 heteroatoms. The molecule has 120 valence electrons. The first kappa shape index (κ1) is 18.3. The van der Waals surface area contributed by atoms with Crippen molar-refractivity contribution in [3.63, 3.8) is 0 Å². The third-order valence-electron chi connectivity index (χ3n) is 3.57. The summed E-state index contributed by atoms with van der Waals surface area (Å²) in [5.41, 5.74) is 5.52. The van der Waals surface area contributed by atoms with Gasteiger partial charge in [0, 0.05) is 12.6 Å². The predicted octanol–water partition coefficient (Wildman–Crippen LogP) is 2.28. The Morgan fingerprint density at radius 3 is 2.57 bits per heavy atom. The van der Waals surface area contributed by atoms with Gasteiger partial charge in [-0.05, 0) is 44.0 Å². The first-order valence-corrected chi connectivity index (χ1v) is 8.08. The maximum absolute atomic E-state index is 13.2. The summed E-state index contributed by atoms with van der Waals surface area (Å²) in [7, 11) is -3.80. The van der Waals surface area contributed by atoms with E-state index in [-0.39, 0.29) is 23.3 Å². The average Bonchev–Trinajstić information content (AvgIpc) is 2.42. The highest BCUT2D eigenvalue weighted by atomic mass is 35.5. The highest BCUT2D eigenvalue weighted by Crippen LogP contribution is 2.27. The zero-order valence-corrected chi connectivity index (χ0v) is 13.1. The lowest BCUT2D eigenvalue weighted by Gasteiger charge is -2.34. The summed E-state index contributed by atoms with van der Waals surface area (Å²) >= 11 is 0. The minimum Gasteiger partial charge on any atom is -0.330 e. The third-order valence-corrected chi connectivity index (χ3v) is 5.52. The van der Waals surface area contributed by atoms with Crippen molar-refractivity contribution < 1.29 is 17.2 Å². The van der Waals surface area contributed by atoms with Gasteiger partial charge >= 0.3 is 0 Å². The Morgan fingerprint density at radius 1 is 1.24 bits per heavy atom. The van der Waals surface area contributed by atoms with Gasteiger partial charge in [-0.1, -0.05) is 6.42 Å². The van der Waals surface area contributed by atoms with E-state index in [1.54, 1.807) is 0 Å². The largest absolute Gasteiger partial charge is 0.330 e. The van der Waals surface area contributed by atoms with Crippen LogP contribution in [0, 0.1) is 11.6 Å². The number of halogens is 3. The van der Waals surface area contributed by atoms with Crippen LogP contribution in [0.25, 0.3) is 0 Å². The number of piperidine rings is 1. The second-order valence-corrected chi connectivity index (χ2v) is 6.81. The summed E-state index contributed by atoms with van der Waals surface area (Å²) in [5.74, 6) is -2.21. The molecule has 0 amide bonds. The molecule has 1 aliphatic rings. The number of nitrogens with two attached hydrogens (primary N) is 1. The number of sulfonamides is 1. The molecule has 1 aromatic carbocycles. The van der Waals surface area contributed by atoms with E-state index >= 15 is 0 Å². The molecular weight excluding hydrogens is 322 g/mol. The number of benzene rings is 1. The molecule has 1 unspecified atom stereocenters. The van der Waals surface area contributed by atoms with Gasteiger partial charge in [-0.3, -0.25) is 0 Å². The molecule has 2 rings (SSSR count). The highest BCUT2D eigenvalue weighted by molar-refractivity contribution is 7.89. The van der Waals surface area contributed by atoms with Crippen molar-refractivity contribution in [2.24, 2.45) is 5.73 Å². The lowest BCUT2D eigenvalue weighted by atomic mass is 10.0. The van der Waals surface area contributed by atoms with Gasteiger partial charge in [0.15, 0.2) is 11.6 Å². The Bertz CT molecular complexity index is 582. The Hall–Kier alpha value is -0.760. The van der Waals surface area contributed by atoms with Gasteiger partial charge in [-0.15, -0.1) is 12.4 Å². The van der Waals surface area contributed by atoms with Gasteiger partial charge in [-0.25, -0.2) is 17.2 Å². The maximum Gasteiger partial charge on any atom is 0.243 e. The maximum atomic E-state index is 13.2. The van der Waals surface area contributed by atoms with Crippen molar-refractivity contribution in [2.75, 3.05) is 13.1 Å². The Balaban J connectivity index is 0.00000220. The van der Waals surface area contributed by atoms with Crippen LogP contribution in [0.2, 0.25) is 0 Å². The van der Waals surface area contributed by atoms with E-state index in [1.807, 2.05) is 0 Å². The number of rotatable bonds is 4. The van der Waals surface area contributed by atoms with Crippen LogP contribution in [0.15, 0.2) is 23.1 Å². The SMILES string of the molecule is Cl.NCCC1CCCCN1S(=O)(=O)c1ccc(F)c(F)c1. The molecule has 4 nitrogen and oxygen atoms in total. The normalized spacial score (nSPS) is 20.0. The lowest BCUT2D eigenvalue weighted by Crippen LogP contribution is -2.44. The number of nitrogens with zero attached hydrogens (tertiary/aromatic N) is 1. The zero-order valence-electron chi connectivity index (χ0n) is 11.5. The van der Waals surface area contributed by atoms with E-state index in [1.165, 1.54) is 4.31 Å². The molecule has 0 aliphatic carbocycles. The van der Waals surface area contributed by atoms with Crippen molar-refractivity contribution in [1.29, 1.82) is 0 Å². The monoisotopic (exact) mass is 340 g/mol. The van der Waals surface area contributed by atoms with E-state index in [9.17, 15) is 17.2 Å². The molecule has 0 radical (unpaired) electrons. The van der Waals surface area contributed by atoms with Crippen LogP contribution in [0.3, 0.4) is 0 Å². The fourth-order valence-electron chi connectivity index (χ4n) is 2.54. The Kier molecular flexibility index (Phi) is 6.52. The average molecular weight is 341 g/mol. The minimum atomic E-state index is -3.80. The first-order valence-electron chi connectivity index (χ1n) is 6.64. The van der Waals surface area contributed by atoms with Gasteiger partial charge in [0.1, 0.15) is 0 Å². The van der Waals surface area contributed by atoms with Crippen LogP contribution in [0.4, 0.5) is 8.78 Å². The highest BCUT2D eigenvalue weighted by Gasteiger charge is 2.33. The third kappa shape index (κ3) is 3.91. The standard InChI is InChI=1S/C13H18F2N2O2S.ClH/c14-12-5-4-11(9-13(12)15)20(18,19)17-8-2-1-3-10(17)6-7-16;/h4-5,9-10H,1-3,6-8,16H2;1H. The van der Waals surface area contributed by atoms with Crippen LogP contribution in [0.1, 0.15) is 25.7 Å². The van der Waals surface area contributed by atoms with E-state index in [0.717, 1.165) is 37.5 Å². The fraction of sp³-hybridized carbons (Fsp3) is 0.538. The van der Waals surface area contributed by atoms with Gasteiger partial charge < -0.3 is 5.73 Å². The number of hydrogen-bond donors (Lipinski definition) is 1. The molecule has 1 aromatic rings. The molecule has 1 aliphatic heterocycles. The predicted molar refractivity (Wildman–Crippen MR) is 78.8 cm³/mol. The van der Waals surface area contributed by atoms with E-state index in [4.69, 9.17) is 5.73 Å². The van der Waals surface area contributed by atoms with Gasteiger partial charge in [0.2, 0.25) is 10.0 Å². The quantitative estimate of drug-likeness (QED) is 0.914. The van der Waals surface area contributed by atoms with Crippen molar-refractivity contribution in [3.8, 4) is 0 Å². The second kappa shape index (κ2) is 7.49. The molecule has 0 bridgehead atoms. The Labute approximate surface area is 129 Å². The molecule has 2 N–H and O–H groups in total. The molecule has 1 fully saturated rings. The van der Waals surface area contributed by atoms with Crippen LogP contribution >= 0.6 is 12.4 Å². The first-order chi connectivity index (χ1) is 9.46.